The van der Waals surface area contributed by atoms with Crippen molar-refractivity contribution in [3.05, 3.63) is 42.5 Å². The van der Waals surface area contributed by atoms with Crippen molar-refractivity contribution in [3.63, 3.8) is 0 Å². The molecule has 0 spiro atoms. The fraction of sp³-hybridized carbons (Fsp3) is 0.462. The van der Waals surface area contributed by atoms with Crippen molar-refractivity contribution in [1.29, 1.82) is 0 Å². The van der Waals surface area contributed by atoms with E-state index in [1.54, 1.807) is 42.5 Å². The molecule has 0 bridgehead atoms. The maximum Gasteiger partial charge on any atom is 0.339 e. The molecule has 2 fully saturated rings. The van der Waals surface area contributed by atoms with Gasteiger partial charge in [-0.15, -0.1) is 0 Å². The molecule has 1 aliphatic heterocycles. The Bertz CT molecular complexity index is 1330. The van der Waals surface area contributed by atoms with E-state index >= 15 is 0 Å². The number of hydrogen-bond acceptors (Lipinski definition) is 7. The molecule has 1 aliphatic carbocycles. The molecule has 2 aromatic carbocycles. The van der Waals surface area contributed by atoms with E-state index in [2.05, 4.69) is 37.7 Å². The van der Waals surface area contributed by atoms with Gasteiger partial charge in [-0.3, -0.25) is 10.2 Å². The van der Waals surface area contributed by atoms with Crippen LogP contribution >= 0.6 is 0 Å². The average molecular weight is 527 g/mol. The predicted molar refractivity (Wildman–Crippen MR) is 144 cm³/mol. The number of aromatic amines is 1. The number of likely N-dealkylation sites (N-methyl/N-ethyl adjacent to an activating group) is 1. The van der Waals surface area contributed by atoms with Crippen molar-refractivity contribution in [1.82, 2.24) is 20.2 Å². The van der Waals surface area contributed by atoms with Crippen LogP contribution in [-0.4, -0.2) is 61.0 Å². The number of H-pyrrole nitrogens is 1. The predicted octanol–water partition coefficient (Wildman–Crippen LogP) is 4.29. The van der Waals surface area contributed by atoms with Crippen molar-refractivity contribution >= 4 is 38.8 Å². The standard InChI is InChI=1S/C26H34N6O4S/c1-2-32-15-5-8-20(32)17-27-26(33)31-25-29-23-14-11-21(16-24(23)30-25)36-37(34,35)22-12-9-19(10-13-22)28-18-6-3-4-7-18/h9-14,16,18,20,28H,2-8,15,17H2,1H3,(H3,27,29,30,31,33). The summed E-state index contributed by atoms with van der Waals surface area (Å²) in [5, 5.41) is 9.07. The third kappa shape index (κ3) is 6.16. The van der Waals surface area contributed by atoms with Crippen LogP contribution < -0.4 is 20.1 Å². The fourth-order valence-corrected chi connectivity index (χ4v) is 6.13. The van der Waals surface area contributed by atoms with Gasteiger partial charge in [-0.1, -0.05) is 19.8 Å². The van der Waals surface area contributed by atoms with Crippen molar-refractivity contribution in [2.24, 2.45) is 0 Å². The first-order valence-corrected chi connectivity index (χ1v) is 14.4. The average Bonchev–Trinajstić information content (AvgIpc) is 3.63. The number of hydrogen-bond donors (Lipinski definition) is 4. The second-order valence-electron chi connectivity index (χ2n) is 9.71. The van der Waals surface area contributed by atoms with Crippen molar-refractivity contribution in [2.75, 3.05) is 30.3 Å². The van der Waals surface area contributed by atoms with E-state index in [-0.39, 0.29) is 22.6 Å². The van der Waals surface area contributed by atoms with Crippen LogP contribution in [0.15, 0.2) is 47.4 Å². The maximum absolute atomic E-state index is 12.8. The Hall–Kier alpha value is -3.31. The molecule has 5 rings (SSSR count). The first-order chi connectivity index (χ1) is 17.9. The highest BCUT2D eigenvalue weighted by Gasteiger charge is 2.23. The second-order valence-corrected chi connectivity index (χ2v) is 11.3. The van der Waals surface area contributed by atoms with E-state index in [1.807, 2.05) is 0 Å². The van der Waals surface area contributed by atoms with E-state index in [1.165, 1.54) is 12.8 Å². The minimum atomic E-state index is -4.01. The van der Waals surface area contributed by atoms with Gasteiger partial charge in [0.2, 0.25) is 5.95 Å². The van der Waals surface area contributed by atoms with E-state index in [0.29, 0.717) is 29.7 Å². The highest BCUT2D eigenvalue weighted by atomic mass is 32.2. The number of imidazole rings is 1. The Morgan fingerprint density at radius 2 is 1.89 bits per heavy atom. The van der Waals surface area contributed by atoms with Gasteiger partial charge in [-0.25, -0.2) is 9.78 Å². The minimum absolute atomic E-state index is 0.0807. The van der Waals surface area contributed by atoms with Crippen LogP contribution in [0.2, 0.25) is 0 Å². The molecule has 11 heteroatoms. The molecule has 2 heterocycles. The Kier molecular flexibility index (Phi) is 7.52. The molecule has 1 saturated carbocycles. The number of rotatable bonds is 9. The lowest BCUT2D eigenvalue weighted by Crippen LogP contribution is -2.41. The number of urea groups is 1. The monoisotopic (exact) mass is 526 g/mol. The molecule has 1 saturated heterocycles. The van der Waals surface area contributed by atoms with Crippen LogP contribution in [0.1, 0.15) is 45.4 Å². The van der Waals surface area contributed by atoms with E-state index in [9.17, 15) is 13.2 Å². The first kappa shape index (κ1) is 25.3. The van der Waals surface area contributed by atoms with Gasteiger partial charge in [0.1, 0.15) is 10.6 Å². The Morgan fingerprint density at radius 1 is 1.11 bits per heavy atom. The van der Waals surface area contributed by atoms with Gasteiger partial charge in [0.25, 0.3) is 0 Å². The lowest BCUT2D eigenvalue weighted by atomic mass is 10.2. The van der Waals surface area contributed by atoms with E-state index < -0.39 is 10.1 Å². The van der Waals surface area contributed by atoms with E-state index in [0.717, 1.165) is 44.5 Å². The molecule has 3 aromatic rings. The molecule has 37 heavy (non-hydrogen) atoms. The SMILES string of the molecule is CCN1CCCC1CNC(=O)Nc1nc2ccc(OS(=O)(=O)c3ccc(NC4CCCC4)cc3)cc2[nH]1. The van der Waals surface area contributed by atoms with Gasteiger partial charge in [0.15, 0.2) is 0 Å². The maximum atomic E-state index is 12.8. The molecule has 1 unspecified atom stereocenters. The third-order valence-electron chi connectivity index (χ3n) is 7.16. The smallest absolute Gasteiger partial charge is 0.339 e. The fourth-order valence-electron chi connectivity index (χ4n) is 5.20. The summed E-state index contributed by atoms with van der Waals surface area (Å²) < 4.78 is 31.0. The quantitative estimate of drug-likeness (QED) is 0.306. The number of fused-ring (bicyclic) bond motifs is 1. The number of carbonyl (C=O) groups excluding carboxylic acids is 1. The molecule has 1 aromatic heterocycles. The zero-order valence-corrected chi connectivity index (χ0v) is 21.8. The molecule has 0 radical (unpaired) electrons. The molecule has 4 N–H and O–H groups in total. The lowest BCUT2D eigenvalue weighted by Gasteiger charge is -2.22. The summed E-state index contributed by atoms with van der Waals surface area (Å²) in [6, 6.07) is 11.8. The molecule has 1 atom stereocenters. The van der Waals surface area contributed by atoms with Crippen LogP contribution in [-0.2, 0) is 10.1 Å². The number of nitrogens with zero attached hydrogens (tertiary/aromatic N) is 2. The number of likely N-dealkylation sites (tertiary alicyclic amines) is 1. The number of aromatic nitrogens is 2. The van der Waals surface area contributed by atoms with Crippen LogP contribution in [0, 0.1) is 0 Å². The van der Waals surface area contributed by atoms with Gasteiger partial charge >= 0.3 is 16.1 Å². The van der Waals surface area contributed by atoms with Crippen LogP contribution in [0.4, 0.5) is 16.4 Å². The number of carbonyl (C=O) groups is 1. The third-order valence-corrected chi connectivity index (χ3v) is 8.43. The summed E-state index contributed by atoms with van der Waals surface area (Å²) in [5.41, 5.74) is 2.03. The number of amides is 2. The molecular weight excluding hydrogens is 492 g/mol. The molecule has 2 aliphatic rings. The summed E-state index contributed by atoms with van der Waals surface area (Å²) in [6.07, 6.45) is 6.95. The summed E-state index contributed by atoms with van der Waals surface area (Å²) in [7, 11) is -4.01. The Morgan fingerprint density at radius 3 is 2.65 bits per heavy atom. The summed E-state index contributed by atoms with van der Waals surface area (Å²) in [6.45, 7) is 4.74. The van der Waals surface area contributed by atoms with Crippen molar-refractivity contribution in [2.45, 2.75) is 62.4 Å². The van der Waals surface area contributed by atoms with Gasteiger partial charge in [0.05, 0.1) is 11.0 Å². The summed E-state index contributed by atoms with van der Waals surface area (Å²) in [5.74, 6) is 0.429. The van der Waals surface area contributed by atoms with Gasteiger partial charge < -0.3 is 19.8 Å². The van der Waals surface area contributed by atoms with Gasteiger partial charge in [0, 0.05) is 30.4 Å². The van der Waals surface area contributed by atoms with Crippen molar-refractivity contribution in [3.8, 4) is 5.75 Å². The molecule has 198 valence electrons. The van der Waals surface area contributed by atoms with Crippen molar-refractivity contribution < 1.29 is 17.4 Å². The van der Waals surface area contributed by atoms with Gasteiger partial charge in [-0.05, 0) is 75.2 Å². The first-order valence-electron chi connectivity index (χ1n) is 13.0. The van der Waals surface area contributed by atoms with E-state index in [4.69, 9.17) is 4.18 Å². The second kappa shape index (κ2) is 11.0. The Labute approximate surface area is 217 Å². The molecular formula is C26H34N6O4S. The van der Waals surface area contributed by atoms with Gasteiger partial charge in [-0.2, -0.15) is 8.42 Å². The summed E-state index contributed by atoms with van der Waals surface area (Å²) >= 11 is 0. The topological polar surface area (TPSA) is 128 Å². The van der Waals surface area contributed by atoms with Crippen LogP contribution in [0.3, 0.4) is 0 Å². The van der Waals surface area contributed by atoms with Crippen LogP contribution in [0.5, 0.6) is 5.75 Å². The highest BCUT2D eigenvalue weighted by molar-refractivity contribution is 7.87. The number of benzene rings is 2. The molecule has 2 amide bonds. The van der Waals surface area contributed by atoms with Crippen LogP contribution in [0.25, 0.3) is 11.0 Å². The summed E-state index contributed by atoms with van der Waals surface area (Å²) in [4.78, 5) is 22.2. The molecule has 10 nitrogen and oxygen atoms in total. The number of nitrogens with one attached hydrogen (secondary N) is 4. The zero-order valence-electron chi connectivity index (χ0n) is 21.0. The largest absolute Gasteiger partial charge is 0.382 e. The number of anilines is 2. The lowest BCUT2D eigenvalue weighted by molar-refractivity contribution is 0.238. The normalized spacial score (nSPS) is 18.8. The minimum Gasteiger partial charge on any atom is -0.382 e. The Balaban J connectivity index is 1.19. The highest BCUT2D eigenvalue weighted by Crippen LogP contribution is 2.26. The zero-order chi connectivity index (χ0) is 25.8.